The zero-order valence-electron chi connectivity index (χ0n) is 7.11. The second-order valence-corrected chi connectivity index (χ2v) is 2.45. The number of hydrogen-bond acceptors (Lipinski definition) is 9. The largest absolute Gasteiger partial charge is 2.00 e. The van der Waals surface area contributed by atoms with Crippen LogP contribution in [0.3, 0.4) is 0 Å². The molecule has 11 nitrogen and oxygen atoms in total. The van der Waals surface area contributed by atoms with E-state index >= 15 is 0 Å². The Kier molecular flexibility index (Phi) is 34.5. The van der Waals surface area contributed by atoms with Gasteiger partial charge in [-0.1, -0.05) is 0 Å². The van der Waals surface area contributed by atoms with Crippen LogP contribution < -0.4 is 18.5 Å². The molecule has 0 aromatic carbocycles. The maximum Gasteiger partial charge on any atom is 2.00 e. The Morgan fingerprint density at radius 3 is 0.643 bits per heavy atom. The van der Waals surface area contributed by atoms with Gasteiger partial charge >= 0.3 is 16.5 Å². The molecule has 0 unspecified atom stereocenters. The number of rotatable bonds is 0. The molecule has 96 valence electrons. The van der Waals surface area contributed by atoms with Gasteiger partial charge < -0.3 is 36.7 Å². The van der Waals surface area contributed by atoms with Crippen molar-refractivity contribution in [1.82, 2.24) is 18.5 Å². The summed E-state index contributed by atoms with van der Waals surface area (Å²) in [6.07, 6.45) is 0. The molecule has 11 N–H and O–H groups in total. The van der Waals surface area contributed by atoms with E-state index < -0.39 is 20.8 Å². The van der Waals surface area contributed by atoms with E-state index in [1.54, 1.807) is 0 Å². The standard InChI is InChI=1S/3H3N.Ni.2H2O4S/c;;;;2*1-5(2,3)4/h3*1H3;;2*(H2,1,2,3,4)/q;;;+2;;/p-2. The summed E-state index contributed by atoms with van der Waals surface area (Å²) in [5.41, 5.74) is 0. The van der Waals surface area contributed by atoms with Crippen molar-refractivity contribution in [3.8, 4) is 0 Å². The Hall–Kier alpha value is 0.114. The normalized spacial score (nSPS) is 8.29. The van der Waals surface area contributed by atoms with Crippen LogP contribution >= 0.6 is 0 Å². The molecule has 0 aliphatic rings. The molecule has 0 aromatic rings. The van der Waals surface area contributed by atoms with Crippen molar-refractivity contribution in [1.29, 1.82) is 0 Å². The van der Waals surface area contributed by atoms with E-state index in [2.05, 4.69) is 0 Å². The number of hydrogen-bond donors (Lipinski definition) is 3. The van der Waals surface area contributed by atoms with E-state index in [-0.39, 0.29) is 34.9 Å². The van der Waals surface area contributed by atoms with Gasteiger partial charge in [0.1, 0.15) is 0 Å². The third kappa shape index (κ3) is 116000. The topological polar surface area (TPSA) is 269 Å². The van der Waals surface area contributed by atoms with Crippen LogP contribution in [0.25, 0.3) is 0 Å². The summed E-state index contributed by atoms with van der Waals surface area (Å²) >= 11 is 0. The molecule has 0 aliphatic carbocycles. The minimum Gasteiger partial charge on any atom is -0.759 e. The van der Waals surface area contributed by atoms with Gasteiger partial charge in [-0.3, -0.25) is 16.8 Å². The molecule has 0 spiro atoms. The smallest absolute Gasteiger partial charge is 0.759 e. The van der Waals surface area contributed by atoms with Crippen molar-refractivity contribution in [2.24, 2.45) is 0 Å². The van der Waals surface area contributed by atoms with Crippen molar-refractivity contribution in [3.63, 3.8) is 0 Å². The zero-order chi connectivity index (χ0) is 9.00. The van der Waals surface area contributed by atoms with Crippen molar-refractivity contribution in [3.05, 3.63) is 0 Å². The third-order valence-corrected chi connectivity index (χ3v) is 0. The molecule has 0 radical (unpaired) electrons. The summed E-state index contributed by atoms with van der Waals surface area (Å²) in [5.74, 6) is 0. The van der Waals surface area contributed by atoms with Crippen LogP contribution in [-0.2, 0) is 37.3 Å². The molecule has 0 saturated carbocycles. The van der Waals surface area contributed by atoms with Crippen molar-refractivity contribution < 1.29 is 51.5 Å². The first-order valence-corrected chi connectivity index (χ1v) is 4.00. The van der Waals surface area contributed by atoms with E-state index in [1.165, 1.54) is 0 Å². The van der Waals surface area contributed by atoms with Crippen LogP contribution in [0.2, 0.25) is 0 Å². The minimum absolute atomic E-state index is 0. The number of quaternary nitrogens is 2. The van der Waals surface area contributed by atoms with Crippen LogP contribution in [0.1, 0.15) is 0 Å². The first kappa shape index (κ1) is 36.9. The summed E-state index contributed by atoms with van der Waals surface area (Å²) in [6, 6.07) is 0. The van der Waals surface area contributed by atoms with Gasteiger partial charge in [-0.2, -0.15) is 0 Å². The average Bonchev–Trinajstić information content (AvgIpc) is 1.12. The average molecular weight is 304 g/mol. The summed E-state index contributed by atoms with van der Waals surface area (Å²) in [5, 5.41) is 0. The SMILES string of the molecule is N.O=S(=O)([O-])[O-].O=S(=O)([O-])[O-].[NH4+].[NH4+].[Ni+2]. The quantitative estimate of drug-likeness (QED) is 0.259. The first-order valence-electron chi connectivity index (χ1n) is 1.33. The fraction of sp³-hybridized carbons (Fsp3) is 0. The predicted molar refractivity (Wildman–Crippen MR) is 37.9 cm³/mol. The molecule has 0 fully saturated rings. The molecule has 0 heterocycles. The molecule has 0 aromatic heterocycles. The Morgan fingerprint density at radius 2 is 0.643 bits per heavy atom. The third-order valence-electron chi connectivity index (χ3n) is 0. The van der Waals surface area contributed by atoms with Gasteiger partial charge in [-0.05, 0) is 0 Å². The zero-order valence-corrected chi connectivity index (χ0v) is 9.73. The van der Waals surface area contributed by atoms with Crippen LogP contribution in [0.5, 0.6) is 0 Å². The van der Waals surface area contributed by atoms with Gasteiger partial charge in [0.05, 0.1) is 0 Å². The monoisotopic (exact) mass is 303 g/mol. The molecule has 14 heteroatoms. The molecule has 14 heavy (non-hydrogen) atoms. The fourth-order valence-electron chi connectivity index (χ4n) is 0. The molecule has 0 atom stereocenters. The molecule has 0 amide bonds. The van der Waals surface area contributed by atoms with Crippen LogP contribution in [-0.4, -0.2) is 35.0 Å². The van der Waals surface area contributed by atoms with Crippen LogP contribution in [0, 0.1) is 0 Å². The van der Waals surface area contributed by atoms with Crippen molar-refractivity contribution >= 4 is 20.8 Å². The Bertz CT molecular complexity index is 219. The molecule has 0 aliphatic heterocycles. The van der Waals surface area contributed by atoms with Gasteiger partial charge in [-0.25, -0.2) is 0 Å². The van der Waals surface area contributed by atoms with Crippen molar-refractivity contribution in [2.75, 3.05) is 0 Å². The summed E-state index contributed by atoms with van der Waals surface area (Å²) in [7, 11) is -10.3. The predicted octanol–water partition coefficient (Wildman–Crippen LogP) is -1.76. The van der Waals surface area contributed by atoms with E-state index in [1.807, 2.05) is 0 Å². The van der Waals surface area contributed by atoms with E-state index in [4.69, 9.17) is 35.0 Å². The van der Waals surface area contributed by atoms with Gasteiger partial charge in [0.25, 0.3) is 0 Å². The van der Waals surface area contributed by atoms with E-state index in [0.717, 1.165) is 0 Å². The second kappa shape index (κ2) is 13.1. The van der Waals surface area contributed by atoms with Crippen LogP contribution in [0.4, 0.5) is 0 Å². The second-order valence-electron chi connectivity index (χ2n) is 0.816. The Balaban J connectivity index is -0.0000000178. The first-order chi connectivity index (χ1) is 4.00. The Labute approximate surface area is 91.1 Å². The van der Waals surface area contributed by atoms with E-state index in [0.29, 0.717) is 0 Å². The maximum absolute atomic E-state index is 8.52. The minimum atomic E-state index is -5.17. The van der Waals surface area contributed by atoms with Gasteiger partial charge in [0.15, 0.2) is 0 Å². The van der Waals surface area contributed by atoms with Crippen LogP contribution in [0.15, 0.2) is 0 Å². The molecule has 0 rings (SSSR count). The molecule has 0 saturated heterocycles. The fourth-order valence-corrected chi connectivity index (χ4v) is 0. The molecular formula is H11N3NiO8S2. The maximum atomic E-state index is 8.52. The van der Waals surface area contributed by atoms with Gasteiger partial charge in [0, 0.05) is 20.8 Å². The molecular weight excluding hydrogens is 293 g/mol. The Morgan fingerprint density at radius 1 is 0.643 bits per heavy atom. The molecule has 0 bridgehead atoms. The van der Waals surface area contributed by atoms with Gasteiger partial charge in [-0.15, -0.1) is 0 Å². The summed E-state index contributed by atoms with van der Waals surface area (Å²) in [4.78, 5) is 0. The summed E-state index contributed by atoms with van der Waals surface area (Å²) in [6.45, 7) is 0. The van der Waals surface area contributed by atoms with Gasteiger partial charge in [0.2, 0.25) is 0 Å². The van der Waals surface area contributed by atoms with E-state index in [9.17, 15) is 0 Å². The summed E-state index contributed by atoms with van der Waals surface area (Å²) < 4.78 is 68.2. The van der Waals surface area contributed by atoms with Crippen molar-refractivity contribution in [2.45, 2.75) is 0 Å².